The molecule has 1 aromatic carbocycles. The van der Waals surface area contributed by atoms with Crippen LogP contribution in [0.1, 0.15) is 12.0 Å². The lowest BCUT2D eigenvalue weighted by Gasteiger charge is -2.08. The zero-order valence-corrected chi connectivity index (χ0v) is 8.47. The molecule has 1 aromatic rings. The first-order valence-electron chi connectivity index (χ1n) is 4.67. The number of phenols is 3. The molecule has 0 saturated heterocycles. The molecule has 0 heterocycles. The summed E-state index contributed by atoms with van der Waals surface area (Å²) in [5.41, 5.74) is 0.390. The monoisotopic (exact) mass is 227 g/mol. The molecule has 6 nitrogen and oxygen atoms in total. The van der Waals surface area contributed by atoms with Gasteiger partial charge in [-0.25, -0.2) is 0 Å². The number of carboxylic acids is 1. The minimum Gasteiger partial charge on any atom is -0.504 e. The van der Waals surface area contributed by atoms with Crippen LogP contribution >= 0.6 is 0 Å². The summed E-state index contributed by atoms with van der Waals surface area (Å²) in [5.74, 6) is -2.28. The molecule has 0 spiro atoms. The fourth-order valence-electron chi connectivity index (χ4n) is 1.17. The lowest BCUT2D eigenvalue weighted by molar-refractivity contribution is -0.136. The van der Waals surface area contributed by atoms with Crippen molar-refractivity contribution < 1.29 is 25.2 Å². The van der Waals surface area contributed by atoms with E-state index in [0.717, 1.165) is 0 Å². The maximum atomic E-state index is 10.2. The molecule has 0 aliphatic carbocycles. The Labute approximate surface area is 91.8 Å². The highest BCUT2D eigenvalue weighted by molar-refractivity contribution is 5.66. The third-order valence-corrected chi connectivity index (χ3v) is 2.04. The molecule has 0 unspecified atom stereocenters. The summed E-state index contributed by atoms with van der Waals surface area (Å²) in [6, 6.07) is 2.70. The predicted molar refractivity (Wildman–Crippen MR) is 55.4 cm³/mol. The Bertz CT molecular complexity index is 391. The first-order valence-corrected chi connectivity index (χ1v) is 4.67. The number of phenolic OH excluding ortho intramolecular Hbond substituents is 3. The van der Waals surface area contributed by atoms with Crippen molar-refractivity contribution in [3.63, 3.8) is 0 Å². The van der Waals surface area contributed by atoms with Gasteiger partial charge in [0.05, 0.1) is 6.42 Å². The third-order valence-electron chi connectivity index (χ3n) is 2.04. The summed E-state index contributed by atoms with van der Waals surface area (Å²) in [7, 11) is 0. The van der Waals surface area contributed by atoms with E-state index >= 15 is 0 Å². The summed E-state index contributed by atoms with van der Waals surface area (Å²) < 4.78 is 0. The number of hydrogen-bond acceptors (Lipinski definition) is 5. The van der Waals surface area contributed by atoms with Crippen molar-refractivity contribution in [3.8, 4) is 17.2 Å². The molecule has 1 rings (SSSR count). The first-order chi connectivity index (χ1) is 7.52. The Morgan fingerprint density at radius 1 is 1.19 bits per heavy atom. The van der Waals surface area contributed by atoms with E-state index in [0.29, 0.717) is 5.56 Å². The summed E-state index contributed by atoms with van der Waals surface area (Å²) in [4.78, 5) is 10.2. The first kappa shape index (κ1) is 12.1. The van der Waals surface area contributed by atoms with Gasteiger partial charge in [0.25, 0.3) is 0 Å². The second-order valence-electron chi connectivity index (χ2n) is 3.26. The Hall–Kier alpha value is -1.95. The SMILES string of the molecule is O=C(O)CCNCc1ccc(O)c(O)c1O. The molecule has 0 aliphatic heterocycles. The molecular formula is C10H13NO5. The Morgan fingerprint density at radius 2 is 1.88 bits per heavy atom. The van der Waals surface area contributed by atoms with Crippen molar-refractivity contribution in [2.75, 3.05) is 6.54 Å². The van der Waals surface area contributed by atoms with Gasteiger partial charge in [0, 0.05) is 18.7 Å². The van der Waals surface area contributed by atoms with Crippen LogP contribution in [0.25, 0.3) is 0 Å². The van der Waals surface area contributed by atoms with Gasteiger partial charge in [-0.3, -0.25) is 4.79 Å². The molecule has 0 amide bonds. The van der Waals surface area contributed by atoms with Crippen LogP contribution in [-0.2, 0) is 11.3 Å². The van der Waals surface area contributed by atoms with E-state index in [4.69, 9.17) is 10.2 Å². The van der Waals surface area contributed by atoms with Crippen LogP contribution < -0.4 is 5.32 Å². The van der Waals surface area contributed by atoms with Crippen LogP contribution in [0.3, 0.4) is 0 Å². The second-order valence-corrected chi connectivity index (χ2v) is 3.26. The molecule has 0 atom stereocenters. The number of aliphatic carboxylic acids is 1. The Kier molecular flexibility index (Phi) is 3.96. The van der Waals surface area contributed by atoms with Gasteiger partial charge >= 0.3 is 5.97 Å². The van der Waals surface area contributed by atoms with Crippen LogP contribution in [0.15, 0.2) is 12.1 Å². The number of nitrogens with one attached hydrogen (secondary N) is 1. The van der Waals surface area contributed by atoms with Gasteiger partial charge in [-0.15, -0.1) is 0 Å². The van der Waals surface area contributed by atoms with Gasteiger partial charge in [-0.1, -0.05) is 6.07 Å². The molecule has 88 valence electrons. The van der Waals surface area contributed by atoms with Gasteiger partial charge in [-0.05, 0) is 6.07 Å². The Morgan fingerprint density at radius 3 is 2.50 bits per heavy atom. The number of carbonyl (C=O) groups is 1. The predicted octanol–water partition coefficient (Wildman–Crippen LogP) is 0.368. The molecule has 0 bridgehead atoms. The van der Waals surface area contributed by atoms with E-state index in [2.05, 4.69) is 5.32 Å². The second kappa shape index (κ2) is 5.22. The number of benzene rings is 1. The number of hydrogen-bond donors (Lipinski definition) is 5. The fourth-order valence-corrected chi connectivity index (χ4v) is 1.17. The average Bonchev–Trinajstić information content (AvgIpc) is 2.23. The van der Waals surface area contributed by atoms with Crippen molar-refractivity contribution in [3.05, 3.63) is 17.7 Å². The van der Waals surface area contributed by atoms with Crippen LogP contribution in [0.5, 0.6) is 17.2 Å². The van der Waals surface area contributed by atoms with E-state index in [9.17, 15) is 15.0 Å². The van der Waals surface area contributed by atoms with Gasteiger partial charge < -0.3 is 25.7 Å². The Balaban J connectivity index is 2.55. The molecule has 6 heteroatoms. The average molecular weight is 227 g/mol. The van der Waals surface area contributed by atoms with Gasteiger partial charge in [0.1, 0.15) is 0 Å². The summed E-state index contributed by atoms with van der Waals surface area (Å²) >= 11 is 0. The molecule has 0 fully saturated rings. The molecule has 0 saturated carbocycles. The smallest absolute Gasteiger partial charge is 0.304 e. The van der Waals surface area contributed by atoms with Gasteiger partial charge in [0.2, 0.25) is 5.75 Å². The summed E-state index contributed by atoms with van der Waals surface area (Å²) in [6.07, 6.45) is -0.0230. The quantitative estimate of drug-likeness (QED) is 0.367. The fraction of sp³-hybridized carbons (Fsp3) is 0.300. The molecule has 0 aromatic heterocycles. The standard InChI is InChI=1S/C10H13NO5/c12-7-2-1-6(9(15)10(7)16)5-11-4-3-8(13)14/h1-2,11-12,15-16H,3-5H2,(H,13,14). The maximum absolute atomic E-state index is 10.2. The minimum atomic E-state index is -0.912. The lowest BCUT2D eigenvalue weighted by Crippen LogP contribution is -2.17. The van der Waals surface area contributed by atoms with E-state index < -0.39 is 23.2 Å². The van der Waals surface area contributed by atoms with Gasteiger partial charge in [-0.2, -0.15) is 0 Å². The summed E-state index contributed by atoms with van der Waals surface area (Å²) in [6.45, 7) is 0.476. The van der Waals surface area contributed by atoms with Crippen molar-refractivity contribution >= 4 is 5.97 Å². The number of aromatic hydroxyl groups is 3. The number of rotatable bonds is 5. The molecule has 16 heavy (non-hydrogen) atoms. The van der Waals surface area contributed by atoms with E-state index in [1.807, 2.05) is 0 Å². The largest absolute Gasteiger partial charge is 0.504 e. The van der Waals surface area contributed by atoms with Crippen LogP contribution in [0, 0.1) is 0 Å². The molecule has 0 aliphatic rings. The normalized spacial score (nSPS) is 10.2. The maximum Gasteiger partial charge on any atom is 0.304 e. The number of carboxylic acid groups (broad SMARTS) is 1. The van der Waals surface area contributed by atoms with E-state index in [1.165, 1.54) is 12.1 Å². The zero-order valence-electron chi connectivity index (χ0n) is 8.47. The molecular weight excluding hydrogens is 214 g/mol. The van der Waals surface area contributed by atoms with Crippen molar-refractivity contribution in [2.45, 2.75) is 13.0 Å². The lowest BCUT2D eigenvalue weighted by atomic mass is 10.1. The summed E-state index contributed by atoms with van der Waals surface area (Å²) in [5, 5.41) is 38.9. The highest BCUT2D eigenvalue weighted by Gasteiger charge is 2.10. The molecule has 5 N–H and O–H groups in total. The van der Waals surface area contributed by atoms with Crippen LogP contribution in [0.2, 0.25) is 0 Å². The van der Waals surface area contributed by atoms with Crippen LogP contribution in [-0.4, -0.2) is 32.9 Å². The molecule has 0 radical (unpaired) electrons. The van der Waals surface area contributed by atoms with Crippen molar-refractivity contribution in [1.29, 1.82) is 0 Å². The van der Waals surface area contributed by atoms with E-state index in [-0.39, 0.29) is 19.5 Å². The van der Waals surface area contributed by atoms with Gasteiger partial charge in [0.15, 0.2) is 11.5 Å². The minimum absolute atomic E-state index is 0.0230. The third kappa shape index (κ3) is 3.03. The highest BCUT2D eigenvalue weighted by Crippen LogP contribution is 2.36. The van der Waals surface area contributed by atoms with Crippen molar-refractivity contribution in [1.82, 2.24) is 5.32 Å². The zero-order chi connectivity index (χ0) is 12.1. The highest BCUT2D eigenvalue weighted by atomic mass is 16.4. The van der Waals surface area contributed by atoms with Crippen molar-refractivity contribution in [2.24, 2.45) is 0 Å². The topological polar surface area (TPSA) is 110 Å². The van der Waals surface area contributed by atoms with Crippen LogP contribution in [0.4, 0.5) is 0 Å². The van der Waals surface area contributed by atoms with E-state index in [1.54, 1.807) is 0 Å².